The Morgan fingerprint density at radius 1 is 1.12 bits per heavy atom. The second kappa shape index (κ2) is 5.51. The molecule has 1 unspecified atom stereocenters. The maximum atomic E-state index is 13.0. The van der Waals surface area contributed by atoms with E-state index in [1.807, 2.05) is 31.2 Å². The summed E-state index contributed by atoms with van der Waals surface area (Å²) in [4.78, 5) is 26.7. The zero-order valence-electron chi connectivity index (χ0n) is 14.0. The Hall–Kier alpha value is -3.02. The fourth-order valence-electron chi connectivity index (χ4n) is 3.24. The lowest BCUT2D eigenvalue weighted by atomic mass is 9.91. The number of nitrogens with one attached hydrogen (secondary N) is 1. The van der Waals surface area contributed by atoms with Crippen LogP contribution in [0.15, 0.2) is 42.5 Å². The second-order valence-electron chi connectivity index (χ2n) is 6.50. The van der Waals surface area contributed by atoms with Crippen molar-refractivity contribution in [3.63, 3.8) is 0 Å². The number of fused-ring (bicyclic) bond motifs is 1. The summed E-state index contributed by atoms with van der Waals surface area (Å²) in [5.41, 5.74) is 1.55. The fourth-order valence-corrected chi connectivity index (χ4v) is 3.24. The monoisotopic (exact) mass is 338 g/mol. The van der Waals surface area contributed by atoms with Gasteiger partial charge in [0, 0.05) is 0 Å². The molecule has 2 aromatic rings. The van der Waals surface area contributed by atoms with E-state index >= 15 is 0 Å². The fraction of sp³-hybridized carbons (Fsp3) is 0.263. The van der Waals surface area contributed by atoms with Gasteiger partial charge in [0.15, 0.2) is 11.5 Å². The molecule has 1 fully saturated rings. The molecule has 3 amide bonds. The Balaban J connectivity index is 1.63. The predicted octanol–water partition coefficient (Wildman–Crippen LogP) is 2.69. The molecule has 0 saturated carbocycles. The minimum absolute atomic E-state index is 0.162. The molecule has 0 aliphatic carbocycles. The van der Waals surface area contributed by atoms with Crippen molar-refractivity contribution in [1.29, 1.82) is 0 Å². The first kappa shape index (κ1) is 15.5. The Labute approximate surface area is 145 Å². The summed E-state index contributed by atoms with van der Waals surface area (Å²) in [6.45, 7) is 4.09. The van der Waals surface area contributed by atoms with Crippen LogP contribution in [0.2, 0.25) is 0 Å². The van der Waals surface area contributed by atoms with Crippen molar-refractivity contribution in [2.75, 3.05) is 6.79 Å². The minimum atomic E-state index is -1.12. The lowest BCUT2D eigenvalue weighted by molar-refractivity contribution is -0.131. The number of carbonyl (C=O) groups excluding carboxylic acids is 2. The molecule has 1 saturated heterocycles. The Morgan fingerprint density at radius 3 is 2.72 bits per heavy atom. The van der Waals surface area contributed by atoms with Crippen LogP contribution in [0.3, 0.4) is 0 Å². The first-order valence-electron chi connectivity index (χ1n) is 8.07. The Morgan fingerprint density at radius 2 is 1.92 bits per heavy atom. The van der Waals surface area contributed by atoms with Crippen molar-refractivity contribution >= 4 is 11.9 Å². The zero-order chi connectivity index (χ0) is 17.6. The third kappa shape index (κ3) is 2.50. The highest BCUT2D eigenvalue weighted by atomic mass is 16.7. The smallest absolute Gasteiger partial charge is 0.325 e. The molecule has 2 heterocycles. The molecule has 0 spiro atoms. The molecular formula is C19H18N2O4. The van der Waals surface area contributed by atoms with Gasteiger partial charge in [-0.3, -0.25) is 9.69 Å². The van der Waals surface area contributed by atoms with Crippen molar-refractivity contribution < 1.29 is 19.1 Å². The van der Waals surface area contributed by atoms with E-state index in [9.17, 15) is 9.59 Å². The van der Waals surface area contributed by atoms with Gasteiger partial charge in [0.1, 0.15) is 5.54 Å². The van der Waals surface area contributed by atoms with Gasteiger partial charge in [-0.15, -0.1) is 0 Å². The Kier molecular flexibility index (Phi) is 3.42. The summed E-state index contributed by atoms with van der Waals surface area (Å²) < 4.78 is 10.7. The summed E-state index contributed by atoms with van der Waals surface area (Å²) in [6, 6.07) is 12.7. The molecule has 4 rings (SSSR count). The largest absolute Gasteiger partial charge is 0.454 e. The number of imide groups is 1. The lowest BCUT2D eigenvalue weighted by Crippen LogP contribution is -2.40. The number of hydrogen-bond donors (Lipinski definition) is 1. The van der Waals surface area contributed by atoms with Gasteiger partial charge >= 0.3 is 6.03 Å². The van der Waals surface area contributed by atoms with Crippen LogP contribution < -0.4 is 14.8 Å². The van der Waals surface area contributed by atoms with Crippen LogP contribution >= 0.6 is 0 Å². The number of urea groups is 1. The van der Waals surface area contributed by atoms with E-state index in [2.05, 4.69) is 5.32 Å². The van der Waals surface area contributed by atoms with Crippen molar-refractivity contribution in [1.82, 2.24) is 10.2 Å². The van der Waals surface area contributed by atoms with Crippen LogP contribution in [0.1, 0.15) is 23.6 Å². The van der Waals surface area contributed by atoms with Crippen LogP contribution in [-0.2, 0) is 16.9 Å². The van der Waals surface area contributed by atoms with Crippen LogP contribution in [-0.4, -0.2) is 23.6 Å². The highest BCUT2D eigenvalue weighted by Gasteiger charge is 2.49. The number of nitrogens with zero attached hydrogens (tertiary/aromatic N) is 1. The van der Waals surface area contributed by atoms with E-state index in [1.54, 1.807) is 25.1 Å². The summed E-state index contributed by atoms with van der Waals surface area (Å²) in [5.74, 6) is 0.941. The summed E-state index contributed by atoms with van der Waals surface area (Å²) in [7, 11) is 0. The maximum Gasteiger partial charge on any atom is 0.325 e. The van der Waals surface area contributed by atoms with E-state index in [0.717, 1.165) is 11.1 Å². The molecule has 6 heteroatoms. The van der Waals surface area contributed by atoms with Gasteiger partial charge in [-0.25, -0.2) is 4.79 Å². The molecule has 6 nitrogen and oxygen atoms in total. The average Bonchev–Trinajstić information content (AvgIpc) is 3.13. The number of amides is 3. The topological polar surface area (TPSA) is 67.9 Å². The SMILES string of the molecule is Cc1cccc(CN2C(=O)NC(C)(c3ccc4c(c3)OCO4)C2=O)c1. The molecule has 0 aromatic heterocycles. The van der Waals surface area contributed by atoms with Crippen molar-refractivity contribution in [3.8, 4) is 11.5 Å². The van der Waals surface area contributed by atoms with E-state index in [0.29, 0.717) is 17.1 Å². The third-order valence-corrected chi connectivity index (χ3v) is 4.65. The van der Waals surface area contributed by atoms with E-state index in [4.69, 9.17) is 9.47 Å². The first-order valence-corrected chi connectivity index (χ1v) is 8.07. The molecule has 2 aliphatic rings. The number of aryl methyl sites for hydroxylation is 1. The van der Waals surface area contributed by atoms with E-state index in [1.165, 1.54) is 4.90 Å². The molecule has 0 bridgehead atoms. The van der Waals surface area contributed by atoms with Crippen LogP contribution in [0.5, 0.6) is 11.5 Å². The molecule has 1 atom stereocenters. The molecule has 25 heavy (non-hydrogen) atoms. The summed E-state index contributed by atoms with van der Waals surface area (Å²) >= 11 is 0. The van der Waals surface area contributed by atoms with Crippen LogP contribution in [0, 0.1) is 6.92 Å². The number of benzene rings is 2. The standard InChI is InChI=1S/C19H18N2O4/c1-12-4-3-5-13(8-12)10-21-17(22)19(2,20-18(21)23)14-6-7-15-16(9-14)25-11-24-15/h3-9H,10-11H2,1-2H3,(H,20,23). The Bertz CT molecular complexity index is 879. The summed E-state index contributed by atoms with van der Waals surface area (Å²) in [5, 5.41) is 2.81. The highest BCUT2D eigenvalue weighted by molar-refractivity contribution is 6.07. The van der Waals surface area contributed by atoms with E-state index < -0.39 is 11.6 Å². The number of hydrogen-bond acceptors (Lipinski definition) is 4. The molecule has 128 valence electrons. The third-order valence-electron chi connectivity index (χ3n) is 4.65. The number of ether oxygens (including phenoxy) is 2. The second-order valence-corrected chi connectivity index (χ2v) is 6.50. The van der Waals surface area contributed by atoms with Gasteiger partial charge in [0.05, 0.1) is 6.54 Å². The van der Waals surface area contributed by atoms with E-state index in [-0.39, 0.29) is 19.2 Å². The first-order chi connectivity index (χ1) is 12.0. The van der Waals surface area contributed by atoms with Gasteiger partial charge in [0.2, 0.25) is 6.79 Å². The molecule has 2 aromatic carbocycles. The number of carbonyl (C=O) groups is 2. The molecule has 2 aliphatic heterocycles. The minimum Gasteiger partial charge on any atom is -0.454 e. The molecular weight excluding hydrogens is 320 g/mol. The predicted molar refractivity (Wildman–Crippen MR) is 90.2 cm³/mol. The molecule has 0 radical (unpaired) electrons. The van der Waals surface area contributed by atoms with Crippen LogP contribution in [0.4, 0.5) is 4.79 Å². The van der Waals surface area contributed by atoms with Gasteiger partial charge < -0.3 is 14.8 Å². The normalized spacial score (nSPS) is 21.6. The van der Waals surface area contributed by atoms with Crippen molar-refractivity contribution in [2.24, 2.45) is 0 Å². The van der Waals surface area contributed by atoms with Gasteiger partial charge in [-0.1, -0.05) is 35.9 Å². The maximum absolute atomic E-state index is 13.0. The molecule has 1 N–H and O–H groups in total. The average molecular weight is 338 g/mol. The number of rotatable bonds is 3. The zero-order valence-corrected chi connectivity index (χ0v) is 14.0. The van der Waals surface area contributed by atoms with Crippen molar-refractivity contribution in [2.45, 2.75) is 25.9 Å². The van der Waals surface area contributed by atoms with Crippen LogP contribution in [0.25, 0.3) is 0 Å². The lowest BCUT2D eigenvalue weighted by Gasteiger charge is -2.22. The van der Waals surface area contributed by atoms with Gasteiger partial charge in [0.25, 0.3) is 5.91 Å². The van der Waals surface area contributed by atoms with Gasteiger partial charge in [-0.05, 0) is 37.1 Å². The summed E-state index contributed by atoms with van der Waals surface area (Å²) in [6.07, 6.45) is 0. The quantitative estimate of drug-likeness (QED) is 0.874. The van der Waals surface area contributed by atoms with Gasteiger partial charge in [-0.2, -0.15) is 0 Å². The van der Waals surface area contributed by atoms with Crippen molar-refractivity contribution in [3.05, 3.63) is 59.2 Å². The highest BCUT2D eigenvalue weighted by Crippen LogP contribution is 2.38.